The molecule has 5 heteroatoms. The van der Waals surface area contributed by atoms with Gasteiger partial charge in [0.05, 0.1) is 0 Å². The third-order valence-electron chi connectivity index (χ3n) is 4.08. The summed E-state index contributed by atoms with van der Waals surface area (Å²) in [5.41, 5.74) is 4.55. The molecule has 0 saturated heterocycles. The molecule has 1 amide bonds. The van der Waals surface area contributed by atoms with Crippen LogP contribution < -0.4 is 5.32 Å². The molecule has 128 valence electrons. The van der Waals surface area contributed by atoms with E-state index < -0.39 is 10.8 Å². The first-order valence-electron chi connectivity index (χ1n) is 7.96. The van der Waals surface area contributed by atoms with Crippen LogP contribution in [-0.2, 0) is 10.8 Å². The molecule has 0 unspecified atom stereocenters. The van der Waals surface area contributed by atoms with Gasteiger partial charge in [-0.3, -0.25) is 9.00 Å². The van der Waals surface area contributed by atoms with Gasteiger partial charge in [0, 0.05) is 50.3 Å². The number of carbonyl (C=O) groups excluding carboxylic acids is 1. The number of rotatable bonds is 4. The van der Waals surface area contributed by atoms with Crippen LogP contribution in [0.5, 0.6) is 0 Å². The van der Waals surface area contributed by atoms with E-state index in [2.05, 4.69) is 35.9 Å². The average Bonchev–Trinajstić information content (AvgIpc) is 2.94. The van der Waals surface area contributed by atoms with Crippen molar-refractivity contribution in [1.29, 1.82) is 0 Å². The van der Waals surface area contributed by atoms with Gasteiger partial charge in [-0.2, -0.15) is 0 Å². The summed E-state index contributed by atoms with van der Waals surface area (Å²) in [6, 6.07) is 18.7. The maximum atomic E-state index is 12.4. The molecule has 2 aromatic carbocycles. The molecule has 1 atom stereocenters. The maximum absolute atomic E-state index is 12.4. The van der Waals surface area contributed by atoms with Gasteiger partial charge in [0.15, 0.2) is 0 Å². The van der Waals surface area contributed by atoms with Crippen molar-refractivity contribution in [2.24, 2.45) is 0 Å². The van der Waals surface area contributed by atoms with E-state index in [0.29, 0.717) is 16.1 Å². The van der Waals surface area contributed by atoms with Crippen molar-refractivity contribution >= 4 is 22.4 Å². The highest BCUT2D eigenvalue weighted by Crippen LogP contribution is 2.18. The van der Waals surface area contributed by atoms with Gasteiger partial charge in [-0.15, -0.1) is 0 Å². The Hall–Kier alpha value is -2.66. The Morgan fingerprint density at radius 1 is 0.960 bits per heavy atom. The van der Waals surface area contributed by atoms with Gasteiger partial charge < -0.3 is 9.88 Å². The molecule has 1 N–H and O–H groups in total. The van der Waals surface area contributed by atoms with Crippen LogP contribution in [0, 0.1) is 13.8 Å². The normalized spacial score (nSPS) is 12.0. The van der Waals surface area contributed by atoms with Gasteiger partial charge in [-0.25, -0.2) is 0 Å². The Kier molecular flexibility index (Phi) is 4.86. The number of benzene rings is 2. The highest BCUT2D eigenvalue weighted by atomic mass is 32.2. The second kappa shape index (κ2) is 7.07. The molecule has 0 spiro atoms. The lowest BCUT2D eigenvalue weighted by atomic mass is 10.2. The zero-order chi connectivity index (χ0) is 18.0. The lowest BCUT2D eigenvalue weighted by molar-refractivity contribution is 0.102. The Balaban J connectivity index is 1.79. The van der Waals surface area contributed by atoms with Crippen LogP contribution in [0.2, 0.25) is 0 Å². The van der Waals surface area contributed by atoms with Crippen LogP contribution in [0.3, 0.4) is 0 Å². The molecule has 25 heavy (non-hydrogen) atoms. The van der Waals surface area contributed by atoms with Gasteiger partial charge in [-0.05, 0) is 68.4 Å². The minimum Gasteiger partial charge on any atom is -0.322 e. The number of nitrogens with one attached hydrogen (secondary N) is 1. The number of anilines is 1. The number of aryl methyl sites for hydroxylation is 2. The summed E-state index contributed by atoms with van der Waals surface area (Å²) in [7, 11) is -1.08. The van der Waals surface area contributed by atoms with Crippen molar-refractivity contribution in [3.05, 3.63) is 77.6 Å². The minimum absolute atomic E-state index is 0.188. The predicted octanol–water partition coefficient (Wildman–Crippen LogP) is 4.08. The first-order valence-corrected chi connectivity index (χ1v) is 9.52. The lowest BCUT2D eigenvalue weighted by Crippen LogP contribution is -2.12. The smallest absolute Gasteiger partial charge is 0.255 e. The van der Waals surface area contributed by atoms with E-state index in [1.165, 1.54) is 0 Å². The molecule has 3 aromatic rings. The maximum Gasteiger partial charge on any atom is 0.255 e. The van der Waals surface area contributed by atoms with Crippen LogP contribution in [0.25, 0.3) is 5.69 Å². The second-order valence-electron chi connectivity index (χ2n) is 5.93. The third-order valence-corrected chi connectivity index (χ3v) is 5.00. The van der Waals surface area contributed by atoms with Gasteiger partial charge in [-0.1, -0.05) is 6.07 Å². The summed E-state index contributed by atoms with van der Waals surface area (Å²) in [6.45, 7) is 4.11. The Morgan fingerprint density at radius 2 is 1.60 bits per heavy atom. The van der Waals surface area contributed by atoms with Gasteiger partial charge in [0.25, 0.3) is 5.91 Å². The number of hydrogen-bond donors (Lipinski definition) is 1. The monoisotopic (exact) mass is 352 g/mol. The molecule has 1 aromatic heterocycles. The molecule has 4 nitrogen and oxygen atoms in total. The van der Waals surface area contributed by atoms with E-state index in [9.17, 15) is 9.00 Å². The highest BCUT2D eigenvalue weighted by Gasteiger charge is 2.09. The summed E-state index contributed by atoms with van der Waals surface area (Å²) < 4.78 is 13.7. The number of amides is 1. The zero-order valence-corrected chi connectivity index (χ0v) is 15.3. The molecule has 3 rings (SSSR count). The van der Waals surface area contributed by atoms with E-state index in [0.717, 1.165) is 17.1 Å². The molecule has 1 heterocycles. The lowest BCUT2D eigenvalue weighted by Gasteiger charge is -2.11. The fraction of sp³-hybridized carbons (Fsp3) is 0.150. The van der Waals surface area contributed by atoms with Gasteiger partial charge in [0.1, 0.15) is 0 Å². The Labute approximate surface area is 150 Å². The SMILES string of the molecule is Cc1ccc(C)n1-c1ccc(C(=O)Nc2cccc([S@@](C)=O)c2)cc1. The summed E-state index contributed by atoms with van der Waals surface area (Å²) in [6.07, 6.45) is 1.62. The highest BCUT2D eigenvalue weighted by molar-refractivity contribution is 7.84. The van der Waals surface area contributed by atoms with Gasteiger partial charge >= 0.3 is 0 Å². The van der Waals surface area contributed by atoms with Crippen molar-refractivity contribution in [1.82, 2.24) is 4.57 Å². The molecule has 0 aliphatic heterocycles. The quantitative estimate of drug-likeness (QED) is 0.769. The molecule has 0 radical (unpaired) electrons. The number of carbonyl (C=O) groups is 1. The summed E-state index contributed by atoms with van der Waals surface area (Å²) in [4.78, 5) is 13.1. The standard InChI is InChI=1S/C20H20N2O2S/c1-14-7-8-15(2)22(14)18-11-9-16(10-12-18)20(23)21-17-5-4-6-19(13-17)25(3)24/h4-13H,1-3H3,(H,21,23)/t25-/m1/s1. The molecular formula is C20H20N2O2S. The van der Waals surface area contributed by atoms with Crippen molar-refractivity contribution in [3.63, 3.8) is 0 Å². The molecule has 0 saturated carbocycles. The van der Waals surface area contributed by atoms with Crippen molar-refractivity contribution in [3.8, 4) is 5.69 Å². The van der Waals surface area contributed by atoms with E-state index in [1.54, 1.807) is 30.5 Å². The zero-order valence-electron chi connectivity index (χ0n) is 14.4. The van der Waals surface area contributed by atoms with Crippen molar-refractivity contribution in [2.45, 2.75) is 18.7 Å². The van der Waals surface area contributed by atoms with Gasteiger partial charge in [0.2, 0.25) is 0 Å². The van der Waals surface area contributed by atoms with Crippen molar-refractivity contribution in [2.75, 3.05) is 11.6 Å². The largest absolute Gasteiger partial charge is 0.322 e. The molecular weight excluding hydrogens is 332 g/mol. The fourth-order valence-electron chi connectivity index (χ4n) is 2.79. The van der Waals surface area contributed by atoms with E-state index in [-0.39, 0.29) is 5.91 Å². The minimum atomic E-state index is -1.08. The topological polar surface area (TPSA) is 51.1 Å². The number of hydrogen-bond acceptors (Lipinski definition) is 2. The average molecular weight is 352 g/mol. The predicted molar refractivity (Wildman–Crippen MR) is 102 cm³/mol. The second-order valence-corrected chi connectivity index (χ2v) is 7.31. The van der Waals surface area contributed by atoms with Crippen LogP contribution >= 0.6 is 0 Å². The molecule has 0 fully saturated rings. The Morgan fingerprint density at radius 3 is 2.20 bits per heavy atom. The third kappa shape index (κ3) is 3.72. The van der Waals surface area contributed by atoms with Crippen LogP contribution in [-0.4, -0.2) is 20.9 Å². The van der Waals surface area contributed by atoms with E-state index >= 15 is 0 Å². The van der Waals surface area contributed by atoms with E-state index in [4.69, 9.17) is 0 Å². The van der Waals surface area contributed by atoms with Crippen LogP contribution in [0.4, 0.5) is 5.69 Å². The fourth-order valence-corrected chi connectivity index (χ4v) is 3.36. The van der Waals surface area contributed by atoms with E-state index in [1.807, 2.05) is 24.3 Å². The van der Waals surface area contributed by atoms with Crippen LogP contribution in [0.15, 0.2) is 65.6 Å². The first kappa shape index (κ1) is 17.2. The van der Waals surface area contributed by atoms with Crippen LogP contribution in [0.1, 0.15) is 21.7 Å². The Bertz CT molecular complexity index is 923. The summed E-state index contributed by atoms with van der Waals surface area (Å²) in [5.74, 6) is -0.188. The molecule has 0 aliphatic rings. The first-order chi connectivity index (χ1) is 12.0. The number of nitrogens with zero attached hydrogens (tertiary/aromatic N) is 1. The summed E-state index contributed by atoms with van der Waals surface area (Å²) in [5, 5.41) is 2.85. The van der Waals surface area contributed by atoms with Crippen molar-refractivity contribution < 1.29 is 9.00 Å². The number of aromatic nitrogens is 1. The molecule has 0 aliphatic carbocycles. The summed E-state index contributed by atoms with van der Waals surface area (Å²) >= 11 is 0. The molecule has 0 bridgehead atoms.